The van der Waals surface area contributed by atoms with Gasteiger partial charge < -0.3 is 24.3 Å². The van der Waals surface area contributed by atoms with E-state index in [2.05, 4.69) is 10.0 Å². The number of methoxy groups -OCH3 is 4. The summed E-state index contributed by atoms with van der Waals surface area (Å²) in [5.41, 5.74) is 0.398. The first-order valence-electron chi connectivity index (χ1n) is 13.2. The van der Waals surface area contributed by atoms with Gasteiger partial charge in [-0.05, 0) is 66.7 Å². The molecule has 0 saturated heterocycles. The Balaban J connectivity index is 1.63. The smallest absolute Gasteiger partial charge is 0.265 e. The molecule has 0 aliphatic carbocycles. The zero-order valence-electron chi connectivity index (χ0n) is 24.9. The Hall–Kier alpha value is -4.37. The minimum atomic E-state index is -4.42. The number of rotatable bonds is 13. The number of hydrogen-bond donors (Lipinski definition) is 2. The molecule has 16 heteroatoms. The molecule has 0 unspecified atom stereocenters. The molecule has 4 aromatic carbocycles. The fraction of sp³-hybridized carbons (Fsp3) is 0.167. The van der Waals surface area contributed by atoms with E-state index in [1.807, 2.05) is 0 Å². The molecular weight excluding hydrogens is 681 g/mol. The average Bonchev–Trinajstić information content (AvgIpc) is 3.02. The second-order valence-electron chi connectivity index (χ2n) is 9.40. The number of sulfonamides is 2. The van der Waals surface area contributed by atoms with E-state index in [9.17, 15) is 21.6 Å². The first-order valence-corrected chi connectivity index (χ1v) is 16.8. The van der Waals surface area contributed by atoms with Crippen LogP contribution in [0.4, 0.5) is 17.1 Å². The van der Waals surface area contributed by atoms with Crippen molar-refractivity contribution in [3.05, 3.63) is 88.9 Å². The quantitative estimate of drug-likeness (QED) is 0.179. The van der Waals surface area contributed by atoms with Crippen LogP contribution >= 0.6 is 23.2 Å². The molecule has 0 aliphatic rings. The van der Waals surface area contributed by atoms with Gasteiger partial charge in [0.05, 0.1) is 49.6 Å². The number of nitrogens with zero attached hydrogens (tertiary/aromatic N) is 1. The summed E-state index contributed by atoms with van der Waals surface area (Å²) in [7, 11) is -2.91. The molecule has 0 heterocycles. The van der Waals surface area contributed by atoms with Crippen LogP contribution in [0.5, 0.6) is 23.0 Å². The van der Waals surface area contributed by atoms with Gasteiger partial charge in [0.2, 0.25) is 5.91 Å². The second kappa shape index (κ2) is 14.4. The van der Waals surface area contributed by atoms with Gasteiger partial charge in [0, 0.05) is 27.9 Å². The lowest BCUT2D eigenvalue weighted by molar-refractivity contribution is -0.114. The molecule has 4 rings (SSSR count). The zero-order valence-corrected chi connectivity index (χ0v) is 28.1. The van der Waals surface area contributed by atoms with Crippen LogP contribution in [0.2, 0.25) is 10.0 Å². The van der Waals surface area contributed by atoms with Crippen molar-refractivity contribution < 1.29 is 40.6 Å². The molecule has 0 aromatic heterocycles. The number of anilines is 3. The highest BCUT2D eigenvalue weighted by Crippen LogP contribution is 2.37. The molecule has 0 radical (unpaired) electrons. The summed E-state index contributed by atoms with van der Waals surface area (Å²) in [4.78, 5) is 13.0. The van der Waals surface area contributed by atoms with Crippen molar-refractivity contribution in [2.75, 3.05) is 49.3 Å². The predicted octanol–water partition coefficient (Wildman–Crippen LogP) is 5.66. The number of halogens is 2. The summed E-state index contributed by atoms with van der Waals surface area (Å²) in [6, 6.07) is 18.1. The summed E-state index contributed by atoms with van der Waals surface area (Å²) in [5.74, 6) is 0.196. The third kappa shape index (κ3) is 7.88. The molecule has 0 saturated carbocycles. The van der Waals surface area contributed by atoms with E-state index in [-0.39, 0.29) is 48.4 Å². The van der Waals surface area contributed by atoms with E-state index in [4.69, 9.17) is 42.1 Å². The Labute approximate surface area is 276 Å². The van der Waals surface area contributed by atoms with Crippen LogP contribution < -0.4 is 33.3 Å². The average molecular weight is 711 g/mol. The molecule has 0 aliphatic heterocycles. The molecule has 0 atom stereocenters. The molecule has 4 aromatic rings. The van der Waals surface area contributed by atoms with E-state index in [1.165, 1.54) is 101 Å². The van der Waals surface area contributed by atoms with Gasteiger partial charge in [0.1, 0.15) is 18.0 Å². The summed E-state index contributed by atoms with van der Waals surface area (Å²) >= 11 is 11.9. The van der Waals surface area contributed by atoms with E-state index in [0.29, 0.717) is 11.5 Å². The maximum Gasteiger partial charge on any atom is 0.265 e. The molecular formula is C30H29Cl2N3O9S2. The molecule has 0 fully saturated rings. The second-order valence-corrected chi connectivity index (χ2v) is 13.8. The zero-order chi connectivity index (χ0) is 33.6. The largest absolute Gasteiger partial charge is 0.497 e. The molecule has 46 heavy (non-hydrogen) atoms. The Morgan fingerprint density at radius 1 is 0.674 bits per heavy atom. The fourth-order valence-corrected chi connectivity index (χ4v) is 7.28. The van der Waals surface area contributed by atoms with E-state index < -0.39 is 32.5 Å². The van der Waals surface area contributed by atoms with Crippen molar-refractivity contribution in [1.82, 2.24) is 0 Å². The van der Waals surface area contributed by atoms with Gasteiger partial charge in [0.25, 0.3) is 20.0 Å². The van der Waals surface area contributed by atoms with Crippen molar-refractivity contribution >= 4 is 66.2 Å². The van der Waals surface area contributed by atoms with E-state index >= 15 is 0 Å². The maximum absolute atomic E-state index is 14.1. The third-order valence-corrected chi connectivity index (χ3v) is 10.0. The van der Waals surface area contributed by atoms with Crippen molar-refractivity contribution in [2.24, 2.45) is 0 Å². The Bertz CT molecular complexity index is 1940. The van der Waals surface area contributed by atoms with Gasteiger partial charge in [-0.15, -0.1) is 0 Å². The van der Waals surface area contributed by atoms with Gasteiger partial charge in [-0.3, -0.25) is 13.8 Å². The van der Waals surface area contributed by atoms with Crippen LogP contribution in [0.15, 0.2) is 88.7 Å². The third-order valence-electron chi connectivity index (χ3n) is 6.45. The van der Waals surface area contributed by atoms with Crippen molar-refractivity contribution in [2.45, 2.75) is 9.79 Å². The first-order chi connectivity index (χ1) is 21.8. The van der Waals surface area contributed by atoms with Crippen LogP contribution in [-0.2, 0) is 24.8 Å². The number of carbonyl (C=O) groups excluding carboxylic acids is 1. The lowest BCUT2D eigenvalue weighted by atomic mass is 10.2. The standard InChI is InChI=1S/C30H29Cl2N3O9S2/c1-41-23-7-11-27(42-2)26(16-23)35(46(39,40)25-10-12-28(43-3)29(17-25)44-4)18-30(36)33-21-5-8-24(9-6-21)45(37,38)34-22-14-19(31)13-20(32)15-22/h5-17,34H,18H2,1-4H3,(H,33,36). The van der Waals surface area contributed by atoms with Gasteiger partial charge in [-0.2, -0.15) is 0 Å². The number of amides is 1. The van der Waals surface area contributed by atoms with Crippen LogP contribution in [0.3, 0.4) is 0 Å². The summed E-state index contributed by atoms with van der Waals surface area (Å²) < 4.78 is 78.4. The predicted molar refractivity (Wildman–Crippen MR) is 176 cm³/mol. The lowest BCUT2D eigenvalue weighted by Gasteiger charge is -2.26. The topological polar surface area (TPSA) is 150 Å². The van der Waals surface area contributed by atoms with Crippen LogP contribution in [-0.4, -0.2) is 57.7 Å². The Morgan fingerprint density at radius 2 is 1.26 bits per heavy atom. The summed E-state index contributed by atoms with van der Waals surface area (Å²) in [6.07, 6.45) is 0. The van der Waals surface area contributed by atoms with Gasteiger partial charge in [0.15, 0.2) is 11.5 Å². The monoisotopic (exact) mass is 709 g/mol. The highest BCUT2D eigenvalue weighted by Gasteiger charge is 2.31. The molecule has 12 nitrogen and oxygen atoms in total. The van der Waals surface area contributed by atoms with Crippen molar-refractivity contribution in [3.8, 4) is 23.0 Å². The number of carbonyl (C=O) groups is 1. The number of benzene rings is 4. The lowest BCUT2D eigenvalue weighted by Crippen LogP contribution is -2.38. The number of ether oxygens (including phenoxy) is 4. The van der Waals surface area contributed by atoms with Crippen molar-refractivity contribution in [1.29, 1.82) is 0 Å². The Kier molecular flexibility index (Phi) is 10.8. The van der Waals surface area contributed by atoms with E-state index in [1.54, 1.807) is 6.07 Å². The minimum absolute atomic E-state index is 0.0282. The van der Waals surface area contributed by atoms with Gasteiger partial charge in [-0.1, -0.05) is 23.2 Å². The highest BCUT2D eigenvalue weighted by molar-refractivity contribution is 7.93. The Morgan fingerprint density at radius 3 is 1.85 bits per heavy atom. The van der Waals surface area contributed by atoms with Crippen LogP contribution in [0.25, 0.3) is 0 Å². The maximum atomic E-state index is 14.1. The molecule has 1 amide bonds. The fourth-order valence-electron chi connectivity index (χ4n) is 4.27. The van der Waals surface area contributed by atoms with Crippen LogP contribution in [0, 0.1) is 0 Å². The number of hydrogen-bond acceptors (Lipinski definition) is 9. The molecule has 244 valence electrons. The summed E-state index contributed by atoms with van der Waals surface area (Å²) in [5, 5.41) is 3.10. The molecule has 0 spiro atoms. The van der Waals surface area contributed by atoms with E-state index in [0.717, 1.165) is 4.31 Å². The van der Waals surface area contributed by atoms with Gasteiger partial charge >= 0.3 is 0 Å². The SMILES string of the molecule is COc1ccc(OC)c(N(CC(=O)Nc2ccc(S(=O)(=O)Nc3cc(Cl)cc(Cl)c3)cc2)S(=O)(=O)c2ccc(OC)c(OC)c2)c1. The minimum Gasteiger partial charge on any atom is -0.497 e. The normalized spacial score (nSPS) is 11.3. The van der Waals surface area contributed by atoms with Crippen LogP contribution in [0.1, 0.15) is 0 Å². The number of nitrogens with one attached hydrogen (secondary N) is 2. The highest BCUT2D eigenvalue weighted by atomic mass is 35.5. The van der Waals surface area contributed by atoms with Crippen molar-refractivity contribution in [3.63, 3.8) is 0 Å². The first kappa shape index (κ1) is 34.5. The summed E-state index contributed by atoms with van der Waals surface area (Å²) in [6.45, 7) is -0.697. The molecule has 2 N–H and O–H groups in total. The van der Waals surface area contributed by atoms with Gasteiger partial charge in [-0.25, -0.2) is 16.8 Å². The molecule has 0 bridgehead atoms.